The van der Waals surface area contributed by atoms with Gasteiger partial charge >= 0.3 is 5.69 Å². The van der Waals surface area contributed by atoms with Crippen molar-refractivity contribution >= 4 is 17.1 Å². The van der Waals surface area contributed by atoms with Gasteiger partial charge in [0.1, 0.15) is 0 Å². The number of nitrogens with zero attached hydrogens (tertiary/aromatic N) is 10. The molecule has 0 radical (unpaired) electrons. The summed E-state index contributed by atoms with van der Waals surface area (Å²) in [5.41, 5.74) is 0.130. The van der Waals surface area contributed by atoms with Gasteiger partial charge in [0.25, 0.3) is 5.56 Å². The van der Waals surface area contributed by atoms with E-state index in [4.69, 9.17) is 4.74 Å². The van der Waals surface area contributed by atoms with Gasteiger partial charge in [-0.1, -0.05) is 0 Å². The van der Waals surface area contributed by atoms with Crippen LogP contribution in [0.1, 0.15) is 18.7 Å². The molecule has 5 rings (SSSR count). The monoisotopic (exact) mass is 444 g/mol. The maximum atomic E-state index is 12.6. The summed E-state index contributed by atoms with van der Waals surface area (Å²) in [5.74, 6) is 1.54. The van der Waals surface area contributed by atoms with Crippen LogP contribution in [0.5, 0.6) is 0 Å². The zero-order chi connectivity index (χ0) is 22.4. The molecule has 0 aliphatic carbocycles. The van der Waals surface area contributed by atoms with E-state index in [1.165, 1.54) is 11.6 Å². The van der Waals surface area contributed by atoms with Crippen LogP contribution in [0.3, 0.4) is 0 Å². The molecule has 3 aromatic heterocycles. The topological polar surface area (TPSA) is 121 Å². The van der Waals surface area contributed by atoms with E-state index in [9.17, 15) is 9.59 Å². The van der Waals surface area contributed by atoms with Gasteiger partial charge in [-0.3, -0.25) is 18.8 Å². The molecular formula is C19H28N10O3. The van der Waals surface area contributed by atoms with E-state index in [1.807, 2.05) is 11.7 Å². The van der Waals surface area contributed by atoms with Gasteiger partial charge in [-0.2, -0.15) is 4.98 Å². The molecule has 0 saturated carbocycles. The van der Waals surface area contributed by atoms with Crippen molar-refractivity contribution in [3.05, 3.63) is 26.7 Å². The van der Waals surface area contributed by atoms with Gasteiger partial charge in [-0.05, 0) is 23.3 Å². The summed E-state index contributed by atoms with van der Waals surface area (Å²) in [4.78, 5) is 34.0. The number of piperazine rings is 1. The van der Waals surface area contributed by atoms with Gasteiger partial charge in [0.05, 0.1) is 19.2 Å². The molecule has 0 spiro atoms. The number of aryl methyl sites for hydroxylation is 2. The summed E-state index contributed by atoms with van der Waals surface area (Å²) in [6, 6.07) is 0. The quantitative estimate of drug-likeness (QED) is 0.461. The molecule has 0 aromatic carbocycles. The van der Waals surface area contributed by atoms with Crippen molar-refractivity contribution in [1.82, 2.24) is 43.8 Å². The zero-order valence-corrected chi connectivity index (χ0v) is 18.6. The Labute approximate surface area is 183 Å². The van der Waals surface area contributed by atoms with Crippen LogP contribution in [0.2, 0.25) is 0 Å². The third-order valence-electron chi connectivity index (χ3n) is 6.48. The molecule has 2 saturated heterocycles. The minimum atomic E-state index is -0.377. The Morgan fingerprint density at radius 1 is 1.03 bits per heavy atom. The molecule has 5 heterocycles. The highest BCUT2D eigenvalue weighted by atomic mass is 16.5. The Morgan fingerprint density at radius 3 is 2.53 bits per heavy atom. The van der Waals surface area contributed by atoms with Crippen LogP contribution in [0.4, 0.5) is 5.95 Å². The molecule has 0 N–H and O–H groups in total. The van der Waals surface area contributed by atoms with Gasteiger partial charge in [0.2, 0.25) is 5.95 Å². The van der Waals surface area contributed by atoms with Crippen LogP contribution >= 0.6 is 0 Å². The predicted octanol–water partition coefficient (Wildman–Crippen LogP) is -1.54. The van der Waals surface area contributed by atoms with Crippen molar-refractivity contribution < 1.29 is 4.74 Å². The molecule has 2 aliphatic rings. The largest absolute Gasteiger partial charge is 0.376 e. The highest BCUT2D eigenvalue weighted by molar-refractivity contribution is 5.74. The SMILES string of the molecule is Cn1c(=O)c2c(nc(N3CCN(Cc4nnnn4CC4CCCO4)CC3)n2C)n(C)c1=O. The van der Waals surface area contributed by atoms with Crippen LogP contribution in [0, 0.1) is 0 Å². The number of hydrogen-bond donors (Lipinski definition) is 0. The van der Waals surface area contributed by atoms with Crippen molar-refractivity contribution in [2.45, 2.75) is 32.0 Å². The number of fused-ring (bicyclic) bond motifs is 1. The Bertz CT molecular complexity index is 1240. The molecular weight excluding hydrogens is 416 g/mol. The molecule has 2 aliphatic heterocycles. The molecule has 0 bridgehead atoms. The average molecular weight is 445 g/mol. The summed E-state index contributed by atoms with van der Waals surface area (Å²) >= 11 is 0. The second-order valence-corrected chi connectivity index (χ2v) is 8.52. The van der Waals surface area contributed by atoms with Crippen molar-refractivity contribution in [1.29, 1.82) is 0 Å². The standard InChI is InChI=1S/C19H28N10O3/c1-24-15-16(25(2)19(31)26(3)17(15)30)20-18(24)28-8-6-27(7-9-28)12-14-21-22-23-29(14)11-13-5-4-10-32-13/h13H,4-12H2,1-3H3. The summed E-state index contributed by atoms with van der Waals surface area (Å²) in [6.07, 6.45) is 2.33. The van der Waals surface area contributed by atoms with Gasteiger partial charge in [0, 0.05) is 53.9 Å². The maximum absolute atomic E-state index is 12.6. The minimum Gasteiger partial charge on any atom is -0.376 e. The molecule has 32 heavy (non-hydrogen) atoms. The maximum Gasteiger partial charge on any atom is 0.332 e. The third-order valence-corrected chi connectivity index (χ3v) is 6.48. The Balaban J connectivity index is 1.29. The summed E-state index contributed by atoms with van der Waals surface area (Å²) in [7, 11) is 4.95. The lowest BCUT2D eigenvalue weighted by Gasteiger charge is -2.34. The van der Waals surface area contributed by atoms with Gasteiger partial charge in [0.15, 0.2) is 17.0 Å². The average Bonchev–Trinajstić information content (AvgIpc) is 3.53. The number of imidazole rings is 1. The molecule has 13 nitrogen and oxygen atoms in total. The van der Waals surface area contributed by atoms with Crippen molar-refractivity contribution in [2.24, 2.45) is 21.1 Å². The first-order valence-electron chi connectivity index (χ1n) is 10.9. The summed E-state index contributed by atoms with van der Waals surface area (Å²) in [6.45, 7) is 5.30. The normalized spacial score (nSPS) is 20.0. The van der Waals surface area contributed by atoms with Gasteiger partial charge in [-0.25, -0.2) is 9.48 Å². The highest BCUT2D eigenvalue weighted by Gasteiger charge is 2.26. The van der Waals surface area contributed by atoms with E-state index in [-0.39, 0.29) is 17.4 Å². The van der Waals surface area contributed by atoms with E-state index in [1.54, 1.807) is 11.6 Å². The Morgan fingerprint density at radius 2 is 1.81 bits per heavy atom. The first kappa shape index (κ1) is 20.8. The first-order valence-corrected chi connectivity index (χ1v) is 10.9. The number of hydrogen-bond acceptors (Lipinski definition) is 9. The first-order chi connectivity index (χ1) is 15.4. The highest BCUT2D eigenvalue weighted by Crippen LogP contribution is 2.20. The van der Waals surface area contributed by atoms with E-state index < -0.39 is 0 Å². The molecule has 3 aromatic rings. The van der Waals surface area contributed by atoms with Crippen molar-refractivity contribution in [3.8, 4) is 0 Å². The minimum absolute atomic E-state index is 0.190. The molecule has 0 amide bonds. The summed E-state index contributed by atoms with van der Waals surface area (Å²) in [5, 5.41) is 12.2. The molecule has 13 heteroatoms. The molecule has 2 fully saturated rings. The van der Waals surface area contributed by atoms with Gasteiger partial charge < -0.3 is 14.2 Å². The van der Waals surface area contributed by atoms with Crippen molar-refractivity contribution in [3.63, 3.8) is 0 Å². The second-order valence-electron chi connectivity index (χ2n) is 8.52. The molecule has 1 atom stereocenters. The number of aromatic nitrogens is 8. The number of ether oxygens (including phenoxy) is 1. The zero-order valence-electron chi connectivity index (χ0n) is 18.6. The third kappa shape index (κ3) is 3.50. The van der Waals surface area contributed by atoms with Gasteiger partial charge in [-0.15, -0.1) is 5.10 Å². The van der Waals surface area contributed by atoms with Crippen molar-refractivity contribution in [2.75, 3.05) is 37.7 Å². The lowest BCUT2D eigenvalue weighted by molar-refractivity contribution is 0.0916. The number of tetrazole rings is 1. The van der Waals surface area contributed by atoms with E-state index in [2.05, 4.69) is 30.3 Å². The fourth-order valence-corrected chi connectivity index (χ4v) is 4.56. The van der Waals surface area contributed by atoms with E-state index in [0.717, 1.165) is 56.0 Å². The van der Waals surface area contributed by atoms with Crippen LogP contribution in [0.15, 0.2) is 9.59 Å². The lowest BCUT2D eigenvalue weighted by Crippen LogP contribution is -2.47. The Kier molecular flexibility index (Phi) is 5.29. The van der Waals surface area contributed by atoms with E-state index in [0.29, 0.717) is 30.2 Å². The van der Waals surface area contributed by atoms with Crippen LogP contribution in [0.25, 0.3) is 11.2 Å². The number of rotatable bonds is 5. The smallest absolute Gasteiger partial charge is 0.332 e. The van der Waals surface area contributed by atoms with E-state index >= 15 is 0 Å². The molecule has 1 unspecified atom stereocenters. The second kappa shape index (κ2) is 8.13. The Hall–Kier alpha value is -3.06. The fourth-order valence-electron chi connectivity index (χ4n) is 4.56. The fraction of sp³-hybridized carbons (Fsp3) is 0.684. The lowest BCUT2D eigenvalue weighted by atomic mass is 10.2. The summed E-state index contributed by atoms with van der Waals surface area (Å²) < 4.78 is 11.9. The predicted molar refractivity (Wildman–Crippen MR) is 115 cm³/mol. The van der Waals surface area contributed by atoms with Crippen LogP contribution in [-0.2, 0) is 39.0 Å². The van der Waals surface area contributed by atoms with Crippen LogP contribution in [-0.4, -0.2) is 82.7 Å². The molecule has 172 valence electrons. The van der Waals surface area contributed by atoms with Crippen LogP contribution < -0.4 is 16.1 Å². The number of anilines is 1.